The lowest BCUT2D eigenvalue weighted by Gasteiger charge is -2.25. The van der Waals surface area contributed by atoms with Crippen molar-refractivity contribution in [2.75, 3.05) is 18.6 Å². The minimum atomic E-state index is -3.49. The molecule has 19 heavy (non-hydrogen) atoms. The van der Waals surface area contributed by atoms with Crippen LogP contribution in [0.15, 0.2) is 30.3 Å². The van der Waals surface area contributed by atoms with Gasteiger partial charge in [-0.1, -0.05) is 30.3 Å². The smallest absolute Gasteiger partial charge is 0.377 e. The molecule has 0 saturated heterocycles. The van der Waals surface area contributed by atoms with E-state index >= 15 is 0 Å². The van der Waals surface area contributed by atoms with Crippen LogP contribution < -0.4 is 0 Å². The summed E-state index contributed by atoms with van der Waals surface area (Å²) in [7, 11) is 0. The molecular formula is C14H18F2O2S. The summed E-state index contributed by atoms with van der Waals surface area (Å²) in [6.07, 6.45) is 2.08. The maximum Gasteiger partial charge on any atom is 0.377 e. The number of carbonyl (C=O) groups excluding carboxylic acids is 1. The van der Waals surface area contributed by atoms with Crippen LogP contribution in [0, 0.1) is 0 Å². The van der Waals surface area contributed by atoms with Gasteiger partial charge in [-0.15, -0.1) is 0 Å². The summed E-state index contributed by atoms with van der Waals surface area (Å²) in [6.45, 7) is 1.48. The highest BCUT2D eigenvalue weighted by Gasteiger charge is 2.48. The molecule has 1 rings (SSSR count). The number of hydrogen-bond acceptors (Lipinski definition) is 3. The fourth-order valence-corrected chi connectivity index (χ4v) is 2.32. The van der Waals surface area contributed by atoms with Gasteiger partial charge in [0.1, 0.15) is 0 Å². The van der Waals surface area contributed by atoms with Crippen molar-refractivity contribution in [3.8, 4) is 0 Å². The van der Waals surface area contributed by atoms with E-state index < -0.39 is 17.8 Å². The van der Waals surface area contributed by atoms with E-state index in [1.165, 1.54) is 18.7 Å². The number of hydrogen-bond donors (Lipinski definition) is 0. The monoisotopic (exact) mass is 288 g/mol. The average molecular weight is 288 g/mol. The SMILES string of the molecule is CCOC(=O)C(F)(F)C(CCSC)c1ccccc1. The number of benzene rings is 1. The molecule has 2 nitrogen and oxygen atoms in total. The summed E-state index contributed by atoms with van der Waals surface area (Å²) < 4.78 is 32.9. The highest BCUT2D eigenvalue weighted by Crippen LogP contribution is 2.37. The van der Waals surface area contributed by atoms with E-state index in [1.807, 2.05) is 6.26 Å². The van der Waals surface area contributed by atoms with Crippen LogP contribution >= 0.6 is 11.8 Å². The van der Waals surface area contributed by atoms with Gasteiger partial charge in [-0.3, -0.25) is 0 Å². The third-order valence-electron chi connectivity index (χ3n) is 2.80. The predicted octanol–water partition coefficient (Wildman–Crippen LogP) is 3.72. The average Bonchev–Trinajstić information content (AvgIpc) is 2.40. The van der Waals surface area contributed by atoms with Crippen LogP contribution in [-0.2, 0) is 9.53 Å². The molecule has 1 aromatic rings. The van der Waals surface area contributed by atoms with Gasteiger partial charge in [-0.05, 0) is 30.9 Å². The normalized spacial score (nSPS) is 13.1. The Balaban J connectivity index is 2.99. The van der Waals surface area contributed by atoms with Gasteiger partial charge in [0, 0.05) is 0 Å². The molecule has 0 aromatic heterocycles. The molecule has 0 radical (unpaired) electrons. The first kappa shape index (κ1) is 16.0. The number of rotatable bonds is 7. The molecule has 0 saturated carbocycles. The standard InChI is InChI=1S/C14H18F2O2S/c1-3-18-13(17)14(15,16)12(9-10-19-2)11-7-5-4-6-8-11/h4-8,12H,3,9-10H2,1-2H3. The summed E-state index contributed by atoms with van der Waals surface area (Å²) >= 11 is 1.48. The summed E-state index contributed by atoms with van der Waals surface area (Å²) in [5.41, 5.74) is 0.467. The Morgan fingerprint density at radius 2 is 2.00 bits per heavy atom. The van der Waals surface area contributed by atoms with Crippen LogP contribution in [0.2, 0.25) is 0 Å². The van der Waals surface area contributed by atoms with Gasteiger partial charge in [0.25, 0.3) is 0 Å². The number of esters is 1. The van der Waals surface area contributed by atoms with Crippen LogP contribution in [0.5, 0.6) is 0 Å². The molecule has 0 fully saturated rings. The third kappa shape index (κ3) is 4.20. The number of thioether (sulfide) groups is 1. The molecule has 0 heterocycles. The number of alkyl halides is 2. The Bertz CT molecular complexity index is 396. The largest absolute Gasteiger partial charge is 0.462 e. The molecule has 1 unspecified atom stereocenters. The Morgan fingerprint density at radius 1 is 1.37 bits per heavy atom. The zero-order chi connectivity index (χ0) is 14.3. The first-order chi connectivity index (χ1) is 9.04. The van der Waals surface area contributed by atoms with Crippen molar-refractivity contribution >= 4 is 17.7 Å². The topological polar surface area (TPSA) is 26.3 Å². The molecule has 0 aliphatic carbocycles. The Kier molecular flexibility index (Phi) is 6.28. The Morgan fingerprint density at radius 3 is 2.53 bits per heavy atom. The number of halogens is 2. The van der Waals surface area contributed by atoms with E-state index in [1.54, 1.807) is 30.3 Å². The molecule has 0 amide bonds. The second kappa shape index (κ2) is 7.48. The van der Waals surface area contributed by atoms with Crippen LogP contribution in [-0.4, -0.2) is 30.5 Å². The van der Waals surface area contributed by atoms with E-state index in [4.69, 9.17) is 0 Å². The molecule has 0 N–H and O–H groups in total. The van der Waals surface area contributed by atoms with E-state index in [0.717, 1.165) is 0 Å². The van der Waals surface area contributed by atoms with Crippen LogP contribution in [0.25, 0.3) is 0 Å². The lowest BCUT2D eigenvalue weighted by atomic mass is 9.90. The molecule has 0 aliphatic rings. The molecule has 1 aromatic carbocycles. The van der Waals surface area contributed by atoms with E-state index in [9.17, 15) is 13.6 Å². The fourth-order valence-electron chi connectivity index (χ4n) is 1.85. The minimum absolute atomic E-state index is 0.0432. The summed E-state index contributed by atoms with van der Waals surface area (Å²) in [6, 6.07) is 8.40. The maximum absolute atomic E-state index is 14.2. The summed E-state index contributed by atoms with van der Waals surface area (Å²) in [5, 5.41) is 0. The second-order valence-corrected chi connectivity index (χ2v) is 5.07. The van der Waals surface area contributed by atoms with Gasteiger partial charge in [0.15, 0.2) is 0 Å². The van der Waals surface area contributed by atoms with Gasteiger partial charge in [0.05, 0.1) is 12.5 Å². The van der Waals surface area contributed by atoms with E-state index in [-0.39, 0.29) is 13.0 Å². The first-order valence-electron chi connectivity index (χ1n) is 6.13. The minimum Gasteiger partial charge on any atom is -0.462 e. The van der Waals surface area contributed by atoms with Crippen molar-refractivity contribution in [2.45, 2.75) is 25.2 Å². The van der Waals surface area contributed by atoms with Gasteiger partial charge >= 0.3 is 11.9 Å². The molecule has 0 spiro atoms. The van der Waals surface area contributed by atoms with Crippen molar-refractivity contribution in [3.05, 3.63) is 35.9 Å². The molecule has 5 heteroatoms. The highest BCUT2D eigenvalue weighted by molar-refractivity contribution is 7.98. The van der Waals surface area contributed by atoms with Gasteiger partial charge < -0.3 is 4.74 Å². The summed E-state index contributed by atoms with van der Waals surface area (Å²) in [4.78, 5) is 11.5. The van der Waals surface area contributed by atoms with E-state index in [2.05, 4.69) is 4.74 Å². The van der Waals surface area contributed by atoms with Crippen LogP contribution in [0.4, 0.5) is 8.78 Å². The molecule has 106 valence electrons. The van der Waals surface area contributed by atoms with Crippen molar-refractivity contribution in [1.82, 2.24) is 0 Å². The van der Waals surface area contributed by atoms with Gasteiger partial charge in [-0.25, -0.2) is 4.79 Å². The molecule has 1 atom stereocenters. The number of ether oxygens (including phenoxy) is 1. The summed E-state index contributed by atoms with van der Waals surface area (Å²) in [5.74, 6) is -5.51. The third-order valence-corrected chi connectivity index (χ3v) is 3.44. The molecular weight excluding hydrogens is 270 g/mol. The van der Waals surface area contributed by atoms with Crippen molar-refractivity contribution < 1.29 is 18.3 Å². The Hall–Kier alpha value is -1.10. The number of carbonyl (C=O) groups is 1. The van der Waals surface area contributed by atoms with Crippen LogP contribution in [0.3, 0.4) is 0 Å². The van der Waals surface area contributed by atoms with Crippen molar-refractivity contribution in [3.63, 3.8) is 0 Å². The lowest BCUT2D eigenvalue weighted by Crippen LogP contribution is -2.37. The van der Waals surface area contributed by atoms with E-state index in [0.29, 0.717) is 11.3 Å². The van der Waals surface area contributed by atoms with Crippen molar-refractivity contribution in [2.24, 2.45) is 0 Å². The van der Waals surface area contributed by atoms with Gasteiger partial charge in [0.2, 0.25) is 0 Å². The first-order valence-corrected chi connectivity index (χ1v) is 7.52. The molecule has 0 bridgehead atoms. The molecule has 0 aliphatic heterocycles. The zero-order valence-electron chi connectivity index (χ0n) is 11.1. The lowest BCUT2D eigenvalue weighted by molar-refractivity contribution is -0.175. The van der Waals surface area contributed by atoms with Crippen LogP contribution in [0.1, 0.15) is 24.8 Å². The van der Waals surface area contributed by atoms with Crippen molar-refractivity contribution in [1.29, 1.82) is 0 Å². The van der Waals surface area contributed by atoms with Gasteiger partial charge in [-0.2, -0.15) is 20.5 Å². The Labute approximate surface area is 116 Å². The highest BCUT2D eigenvalue weighted by atomic mass is 32.2. The zero-order valence-corrected chi connectivity index (χ0v) is 11.9. The quantitative estimate of drug-likeness (QED) is 0.715. The fraction of sp³-hybridized carbons (Fsp3) is 0.500. The predicted molar refractivity (Wildman–Crippen MR) is 73.8 cm³/mol. The maximum atomic E-state index is 14.2. The second-order valence-electron chi connectivity index (χ2n) is 4.09.